The van der Waals surface area contributed by atoms with Gasteiger partial charge in [-0.05, 0) is 42.3 Å². The largest absolute Gasteiger partial charge is 0.505 e. The van der Waals surface area contributed by atoms with E-state index >= 15 is 0 Å². The highest BCUT2D eigenvalue weighted by molar-refractivity contribution is 6.31. The summed E-state index contributed by atoms with van der Waals surface area (Å²) in [6.07, 6.45) is 0. The second-order valence-electron chi connectivity index (χ2n) is 8.11. The third kappa shape index (κ3) is 3.75. The zero-order chi connectivity index (χ0) is 22.3. The van der Waals surface area contributed by atoms with E-state index in [1.165, 1.54) is 4.80 Å². The van der Waals surface area contributed by atoms with Gasteiger partial charge in [0.15, 0.2) is 0 Å². The monoisotopic (exact) mass is 435 g/mol. The fourth-order valence-electron chi connectivity index (χ4n) is 3.67. The Labute approximate surface area is 184 Å². The van der Waals surface area contributed by atoms with Crippen LogP contribution < -0.4 is 0 Å². The molecule has 4 rings (SSSR count). The van der Waals surface area contributed by atoms with Gasteiger partial charge in [0.2, 0.25) is 0 Å². The number of halogens is 1. The average Bonchev–Trinajstić information content (AvgIpc) is 3.16. The lowest BCUT2D eigenvalue weighted by Gasteiger charge is -2.28. The zero-order valence-electron chi connectivity index (χ0n) is 17.4. The van der Waals surface area contributed by atoms with Crippen LogP contribution in [0.1, 0.15) is 43.4 Å². The van der Waals surface area contributed by atoms with Gasteiger partial charge in [0.05, 0.1) is 5.92 Å². The number of rotatable bonds is 5. The second kappa shape index (κ2) is 7.71. The van der Waals surface area contributed by atoms with Crippen LogP contribution in [0.4, 0.5) is 0 Å². The minimum absolute atomic E-state index is 0.00148. The third-order valence-electron chi connectivity index (χ3n) is 5.71. The number of aromatic hydroxyl groups is 1. The second-order valence-corrected chi connectivity index (χ2v) is 8.55. The minimum atomic E-state index is -0.953. The zero-order valence-corrected chi connectivity index (χ0v) is 18.1. The number of fused-ring (bicyclic) bond motifs is 1. The van der Waals surface area contributed by atoms with Crippen molar-refractivity contribution in [1.29, 1.82) is 0 Å². The van der Waals surface area contributed by atoms with Crippen LogP contribution in [-0.4, -0.2) is 31.2 Å². The summed E-state index contributed by atoms with van der Waals surface area (Å²) in [6.45, 7) is 5.59. The number of aromatic nitrogens is 3. The maximum atomic E-state index is 11.7. The first-order valence-electron chi connectivity index (χ1n) is 9.87. The van der Waals surface area contributed by atoms with Gasteiger partial charge in [0.25, 0.3) is 0 Å². The van der Waals surface area contributed by atoms with Crippen molar-refractivity contribution in [2.24, 2.45) is 0 Å². The molecule has 1 heterocycles. The van der Waals surface area contributed by atoms with Gasteiger partial charge in [-0.15, -0.1) is 15.0 Å². The molecule has 3 aromatic carbocycles. The number of carboxylic acids is 1. The number of phenols is 1. The predicted octanol–water partition coefficient (Wildman–Crippen LogP) is 5.29. The molecule has 0 saturated heterocycles. The van der Waals surface area contributed by atoms with Crippen LogP contribution >= 0.6 is 11.6 Å². The molecule has 4 aromatic rings. The van der Waals surface area contributed by atoms with E-state index in [0.29, 0.717) is 32.9 Å². The van der Waals surface area contributed by atoms with Gasteiger partial charge in [-0.3, -0.25) is 4.79 Å². The third-order valence-corrected chi connectivity index (χ3v) is 5.94. The molecule has 0 bridgehead atoms. The summed E-state index contributed by atoms with van der Waals surface area (Å²) in [4.78, 5) is 13.1. The van der Waals surface area contributed by atoms with Gasteiger partial charge in [0.1, 0.15) is 22.5 Å². The van der Waals surface area contributed by atoms with Crippen molar-refractivity contribution in [3.8, 4) is 11.4 Å². The maximum Gasteiger partial charge on any atom is 0.310 e. The van der Waals surface area contributed by atoms with E-state index in [0.717, 1.165) is 5.56 Å². The highest BCUT2D eigenvalue weighted by atomic mass is 35.5. The Morgan fingerprint density at radius 2 is 1.71 bits per heavy atom. The molecule has 0 aliphatic heterocycles. The van der Waals surface area contributed by atoms with Crippen molar-refractivity contribution in [2.45, 2.75) is 32.1 Å². The molecule has 6 nitrogen and oxygen atoms in total. The van der Waals surface area contributed by atoms with E-state index in [2.05, 4.69) is 10.2 Å². The number of hydrogen-bond acceptors (Lipinski definition) is 4. The van der Waals surface area contributed by atoms with Crippen molar-refractivity contribution in [2.75, 3.05) is 0 Å². The van der Waals surface area contributed by atoms with Gasteiger partial charge < -0.3 is 10.2 Å². The molecule has 1 atom stereocenters. The molecule has 7 heteroatoms. The Kier molecular flexibility index (Phi) is 5.19. The number of benzene rings is 3. The predicted molar refractivity (Wildman–Crippen MR) is 120 cm³/mol. The molecule has 0 amide bonds. The molecule has 158 valence electrons. The maximum absolute atomic E-state index is 11.7. The molecule has 1 unspecified atom stereocenters. The van der Waals surface area contributed by atoms with E-state index in [1.807, 2.05) is 44.2 Å². The number of carboxylic acid groups (broad SMARTS) is 1. The number of aliphatic carboxylic acids is 1. The van der Waals surface area contributed by atoms with Crippen LogP contribution in [0.5, 0.6) is 5.75 Å². The van der Waals surface area contributed by atoms with Crippen LogP contribution in [0.2, 0.25) is 5.02 Å². The normalized spacial score (nSPS) is 12.8. The molecule has 0 fully saturated rings. The smallest absolute Gasteiger partial charge is 0.310 e. The standard InChI is InChI=1S/C24H22ClN3O3/c1-14(23(30)31)15-11-18(24(2,3)16-7-5-4-6-8-16)22(29)21(12-15)28-26-19-10-9-17(25)13-20(19)27-28/h4-14,29H,1-3H3,(H,30,31). The van der Waals surface area contributed by atoms with E-state index in [4.69, 9.17) is 11.6 Å². The van der Waals surface area contributed by atoms with Crippen molar-refractivity contribution in [1.82, 2.24) is 15.0 Å². The SMILES string of the molecule is CC(C(=O)O)c1cc(-n2nc3ccc(Cl)cc3n2)c(O)c(C(C)(C)c2ccccc2)c1. The van der Waals surface area contributed by atoms with E-state index in [9.17, 15) is 15.0 Å². The first kappa shape index (κ1) is 20.9. The van der Waals surface area contributed by atoms with Gasteiger partial charge in [-0.2, -0.15) is 0 Å². The minimum Gasteiger partial charge on any atom is -0.505 e. The van der Waals surface area contributed by atoms with Crippen LogP contribution in [-0.2, 0) is 10.2 Å². The summed E-state index contributed by atoms with van der Waals surface area (Å²) >= 11 is 6.07. The van der Waals surface area contributed by atoms with Gasteiger partial charge in [-0.1, -0.05) is 61.8 Å². The lowest BCUT2D eigenvalue weighted by Crippen LogP contribution is -2.21. The van der Waals surface area contributed by atoms with E-state index < -0.39 is 17.3 Å². The Balaban J connectivity index is 1.97. The summed E-state index contributed by atoms with van der Waals surface area (Å²) in [6, 6.07) is 18.3. The van der Waals surface area contributed by atoms with Crippen LogP contribution in [0, 0.1) is 0 Å². The molecule has 0 aliphatic carbocycles. The summed E-state index contributed by atoms with van der Waals surface area (Å²) in [5.41, 5.74) is 3.05. The average molecular weight is 436 g/mol. The van der Waals surface area contributed by atoms with E-state index in [1.54, 1.807) is 37.3 Å². The number of phenolic OH excluding ortho intramolecular Hbond substituents is 1. The summed E-state index contributed by atoms with van der Waals surface area (Å²) in [5, 5.41) is 30.4. The summed E-state index contributed by atoms with van der Waals surface area (Å²) < 4.78 is 0. The first-order valence-corrected chi connectivity index (χ1v) is 10.2. The molecule has 0 spiro atoms. The molecule has 1 aromatic heterocycles. The van der Waals surface area contributed by atoms with Crippen LogP contribution in [0.25, 0.3) is 16.7 Å². The fraction of sp³-hybridized carbons (Fsp3) is 0.208. The lowest BCUT2D eigenvalue weighted by atomic mass is 9.76. The van der Waals surface area contributed by atoms with Gasteiger partial charge in [0, 0.05) is 16.0 Å². The van der Waals surface area contributed by atoms with Gasteiger partial charge >= 0.3 is 5.97 Å². The number of carbonyl (C=O) groups is 1. The molecule has 2 N–H and O–H groups in total. The van der Waals surface area contributed by atoms with Gasteiger partial charge in [-0.25, -0.2) is 0 Å². The molecule has 0 aliphatic rings. The van der Waals surface area contributed by atoms with Crippen molar-refractivity contribution in [3.63, 3.8) is 0 Å². The Morgan fingerprint density at radius 3 is 2.39 bits per heavy atom. The van der Waals surface area contributed by atoms with Crippen LogP contribution in [0.3, 0.4) is 0 Å². The van der Waals surface area contributed by atoms with E-state index in [-0.39, 0.29) is 5.75 Å². The molecular formula is C24H22ClN3O3. The van der Waals surface area contributed by atoms with Crippen molar-refractivity contribution < 1.29 is 15.0 Å². The first-order chi connectivity index (χ1) is 14.7. The lowest BCUT2D eigenvalue weighted by molar-refractivity contribution is -0.138. The number of nitrogens with zero attached hydrogens (tertiary/aromatic N) is 3. The topological polar surface area (TPSA) is 88.2 Å². The number of hydrogen-bond donors (Lipinski definition) is 2. The Morgan fingerprint density at radius 1 is 1.03 bits per heavy atom. The summed E-state index contributed by atoms with van der Waals surface area (Å²) in [5.74, 6) is -1.73. The Bertz CT molecular complexity index is 1280. The van der Waals surface area contributed by atoms with Crippen LogP contribution in [0.15, 0.2) is 60.7 Å². The fourth-order valence-corrected chi connectivity index (χ4v) is 3.83. The molecule has 0 radical (unpaired) electrons. The Hall–Kier alpha value is -3.38. The molecular weight excluding hydrogens is 414 g/mol. The highest BCUT2D eigenvalue weighted by Crippen LogP contribution is 2.41. The van der Waals surface area contributed by atoms with Crippen molar-refractivity contribution in [3.05, 3.63) is 82.4 Å². The highest BCUT2D eigenvalue weighted by Gasteiger charge is 2.30. The summed E-state index contributed by atoms with van der Waals surface area (Å²) in [7, 11) is 0. The van der Waals surface area contributed by atoms with Crippen molar-refractivity contribution >= 4 is 28.6 Å². The molecule has 0 saturated carbocycles. The molecule has 31 heavy (non-hydrogen) atoms. The quantitative estimate of drug-likeness (QED) is 0.444.